The van der Waals surface area contributed by atoms with Crippen LogP contribution in [0.15, 0.2) is 59.6 Å². The van der Waals surface area contributed by atoms with Crippen LogP contribution >= 0.6 is 0 Å². The van der Waals surface area contributed by atoms with Crippen LogP contribution in [0.1, 0.15) is 34.8 Å². The zero-order valence-corrected chi connectivity index (χ0v) is 17.1. The van der Waals surface area contributed by atoms with E-state index in [1.165, 1.54) is 5.56 Å². The van der Waals surface area contributed by atoms with Crippen LogP contribution in [0.2, 0.25) is 0 Å². The molecule has 5 nitrogen and oxygen atoms in total. The fraction of sp³-hybridized carbons (Fsp3) is 0.375. The van der Waals surface area contributed by atoms with E-state index in [-0.39, 0.29) is 11.9 Å². The van der Waals surface area contributed by atoms with Crippen molar-refractivity contribution in [2.24, 2.45) is 10.9 Å². The summed E-state index contributed by atoms with van der Waals surface area (Å²) in [6.07, 6.45) is 1.42. The Balaban J connectivity index is 1.70. The highest BCUT2D eigenvalue weighted by atomic mass is 16.5. The van der Waals surface area contributed by atoms with Crippen LogP contribution in [0.25, 0.3) is 0 Å². The van der Waals surface area contributed by atoms with Gasteiger partial charge in [0.05, 0.1) is 6.61 Å². The van der Waals surface area contributed by atoms with Gasteiger partial charge in [-0.1, -0.05) is 48.0 Å². The first-order valence-electron chi connectivity index (χ1n) is 10.2. The van der Waals surface area contributed by atoms with Crippen LogP contribution < -0.4 is 0 Å². The third-order valence-electron chi connectivity index (χ3n) is 5.16. The van der Waals surface area contributed by atoms with Gasteiger partial charge in [-0.15, -0.1) is 0 Å². The molecule has 0 N–H and O–H groups in total. The summed E-state index contributed by atoms with van der Waals surface area (Å²) in [4.78, 5) is 31.9. The molecule has 1 unspecified atom stereocenters. The molecule has 152 valence electrons. The van der Waals surface area contributed by atoms with Gasteiger partial charge in [0.25, 0.3) is 5.91 Å². The Morgan fingerprint density at radius 1 is 1.10 bits per heavy atom. The van der Waals surface area contributed by atoms with Crippen molar-refractivity contribution in [2.45, 2.75) is 26.7 Å². The van der Waals surface area contributed by atoms with Gasteiger partial charge in [0.1, 0.15) is 5.92 Å². The molecule has 1 heterocycles. The number of piperidine rings is 1. The van der Waals surface area contributed by atoms with E-state index in [4.69, 9.17) is 9.73 Å². The Morgan fingerprint density at radius 3 is 2.52 bits per heavy atom. The molecule has 1 fully saturated rings. The number of ether oxygens (including phenoxy) is 1. The van der Waals surface area contributed by atoms with Crippen molar-refractivity contribution in [1.82, 2.24) is 4.90 Å². The first-order chi connectivity index (χ1) is 14.1. The van der Waals surface area contributed by atoms with Gasteiger partial charge < -0.3 is 9.64 Å². The zero-order valence-electron chi connectivity index (χ0n) is 17.1. The van der Waals surface area contributed by atoms with E-state index >= 15 is 0 Å². The van der Waals surface area contributed by atoms with Crippen LogP contribution in [-0.2, 0) is 16.0 Å². The van der Waals surface area contributed by atoms with E-state index < -0.39 is 5.92 Å². The highest BCUT2D eigenvalue weighted by Crippen LogP contribution is 2.19. The van der Waals surface area contributed by atoms with E-state index in [1.807, 2.05) is 49.4 Å². The van der Waals surface area contributed by atoms with Crippen LogP contribution in [0.3, 0.4) is 0 Å². The third-order valence-corrected chi connectivity index (χ3v) is 5.16. The molecule has 0 spiro atoms. The predicted molar refractivity (Wildman–Crippen MR) is 114 cm³/mol. The minimum Gasteiger partial charge on any atom is -0.465 e. The molecule has 3 rings (SSSR count). The lowest BCUT2D eigenvalue weighted by atomic mass is 9.94. The average molecular weight is 392 g/mol. The summed E-state index contributed by atoms with van der Waals surface area (Å²) in [5.41, 5.74) is 3.81. The van der Waals surface area contributed by atoms with Gasteiger partial charge in [-0.3, -0.25) is 14.6 Å². The van der Waals surface area contributed by atoms with Crippen molar-refractivity contribution < 1.29 is 14.3 Å². The largest absolute Gasteiger partial charge is 0.465 e. The Morgan fingerprint density at radius 2 is 1.83 bits per heavy atom. The van der Waals surface area contributed by atoms with E-state index in [9.17, 15) is 9.59 Å². The van der Waals surface area contributed by atoms with Crippen molar-refractivity contribution in [1.29, 1.82) is 0 Å². The van der Waals surface area contributed by atoms with Gasteiger partial charge in [0.2, 0.25) is 0 Å². The number of amides is 1. The van der Waals surface area contributed by atoms with Crippen molar-refractivity contribution in [3.05, 3.63) is 71.3 Å². The van der Waals surface area contributed by atoms with Gasteiger partial charge >= 0.3 is 5.97 Å². The highest BCUT2D eigenvalue weighted by Gasteiger charge is 2.34. The summed E-state index contributed by atoms with van der Waals surface area (Å²) < 4.78 is 5.27. The number of nitrogens with zero attached hydrogens (tertiary/aromatic N) is 2. The Bertz CT molecular complexity index is 859. The number of carbonyl (C=O) groups excluding carboxylic acids is 2. The van der Waals surface area contributed by atoms with Crippen molar-refractivity contribution in [3.8, 4) is 0 Å². The number of likely N-dealkylation sites (tertiary alicyclic amines) is 1. The standard InChI is InChI=1S/C24H28N2O3/c1-3-29-24(28)21-17-26(23(27)20-11-9-18(2)10-12-20)16-14-22(21)25-15-13-19-7-5-4-6-8-19/h4-12,21H,3,13-17H2,1-2H3. The van der Waals surface area contributed by atoms with Crippen LogP contribution in [0.5, 0.6) is 0 Å². The molecule has 0 radical (unpaired) electrons. The summed E-state index contributed by atoms with van der Waals surface area (Å²) in [5, 5.41) is 0. The Labute approximate surface area is 172 Å². The van der Waals surface area contributed by atoms with Crippen LogP contribution in [0, 0.1) is 12.8 Å². The molecule has 2 aromatic rings. The second kappa shape index (κ2) is 10.0. The summed E-state index contributed by atoms with van der Waals surface area (Å²) in [5.74, 6) is -0.844. The van der Waals surface area contributed by atoms with Gasteiger partial charge in [-0.25, -0.2) is 0 Å². The average Bonchev–Trinajstić information content (AvgIpc) is 2.75. The normalized spacial score (nSPS) is 17.9. The molecular weight excluding hydrogens is 364 g/mol. The number of hydrogen-bond donors (Lipinski definition) is 0. The molecule has 1 aliphatic rings. The van der Waals surface area contributed by atoms with Crippen molar-refractivity contribution in [2.75, 3.05) is 26.2 Å². The Kier molecular flexibility index (Phi) is 7.17. The lowest BCUT2D eigenvalue weighted by molar-refractivity contribution is -0.146. The first kappa shape index (κ1) is 20.8. The van der Waals surface area contributed by atoms with E-state index in [0.717, 1.165) is 17.7 Å². The summed E-state index contributed by atoms with van der Waals surface area (Å²) in [6, 6.07) is 17.7. The van der Waals surface area contributed by atoms with Crippen LogP contribution in [0.4, 0.5) is 0 Å². The molecule has 29 heavy (non-hydrogen) atoms. The molecule has 0 saturated carbocycles. The van der Waals surface area contributed by atoms with E-state index in [1.54, 1.807) is 11.8 Å². The van der Waals surface area contributed by atoms with Crippen molar-refractivity contribution >= 4 is 17.6 Å². The van der Waals surface area contributed by atoms with Crippen LogP contribution in [-0.4, -0.2) is 48.7 Å². The molecule has 1 amide bonds. The second-order valence-corrected chi connectivity index (χ2v) is 7.28. The smallest absolute Gasteiger partial charge is 0.316 e. The maximum atomic E-state index is 12.9. The highest BCUT2D eigenvalue weighted by molar-refractivity contribution is 6.05. The maximum absolute atomic E-state index is 12.9. The fourth-order valence-corrected chi connectivity index (χ4v) is 3.52. The molecule has 5 heteroatoms. The molecule has 1 atom stereocenters. The molecular formula is C24H28N2O3. The fourth-order valence-electron chi connectivity index (χ4n) is 3.52. The first-order valence-corrected chi connectivity index (χ1v) is 10.2. The Hall–Kier alpha value is -2.95. The van der Waals surface area contributed by atoms with E-state index in [0.29, 0.717) is 38.2 Å². The van der Waals surface area contributed by atoms with Gasteiger partial charge in [0.15, 0.2) is 0 Å². The quantitative estimate of drug-likeness (QED) is 0.704. The lowest BCUT2D eigenvalue weighted by Crippen LogP contribution is -2.47. The van der Waals surface area contributed by atoms with Gasteiger partial charge in [-0.05, 0) is 38.0 Å². The number of rotatable bonds is 6. The second-order valence-electron chi connectivity index (χ2n) is 7.28. The van der Waals surface area contributed by atoms with Gasteiger partial charge in [-0.2, -0.15) is 0 Å². The SMILES string of the molecule is CCOC(=O)C1CN(C(=O)c2ccc(C)cc2)CCC1=NCCc1ccccc1. The molecule has 0 bridgehead atoms. The zero-order chi connectivity index (χ0) is 20.6. The number of carbonyl (C=O) groups is 2. The molecule has 2 aromatic carbocycles. The minimum absolute atomic E-state index is 0.0531. The maximum Gasteiger partial charge on any atom is 0.316 e. The monoisotopic (exact) mass is 392 g/mol. The summed E-state index contributed by atoms with van der Waals surface area (Å²) >= 11 is 0. The molecule has 0 aromatic heterocycles. The number of benzene rings is 2. The van der Waals surface area contributed by atoms with Gasteiger partial charge in [0, 0.05) is 37.3 Å². The molecule has 1 saturated heterocycles. The van der Waals surface area contributed by atoms with Crippen molar-refractivity contribution in [3.63, 3.8) is 0 Å². The molecule has 1 aliphatic heterocycles. The predicted octanol–water partition coefficient (Wildman–Crippen LogP) is 3.70. The number of esters is 1. The molecule has 0 aliphatic carbocycles. The number of aliphatic imine (C=N–C) groups is 1. The number of aryl methyl sites for hydroxylation is 1. The third kappa shape index (κ3) is 5.53. The minimum atomic E-state index is -0.492. The summed E-state index contributed by atoms with van der Waals surface area (Å²) in [6.45, 7) is 5.61. The number of hydrogen-bond acceptors (Lipinski definition) is 4. The van der Waals surface area contributed by atoms with E-state index in [2.05, 4.69) is 12.1 Å². The topological polar surface area (TPSA) is 59.0 Å². The lowest BCUT2D eigenvalue weighted by Gasteiger charge is -2.33. The summed E-state index contributed by atoms with van der Waals surface area (Å²) in [7, 11) is 0.